The van der Waals surface area contributed by atoms with E-state index in [9.17, 15) is 4.79 Å². The number of alkyl carbamates (subject to hydrolysis) is 1. The summed E-state index contributed by atoms with van der Waals surface area (Å²) in [4.78, 5) is 17.2. The zero-order valence-corrected chi connectivity index (χ0v) is 29.6. The first-order chi connectivity index (χ1) is 21.2. The van der Waals surface area contributed by atoms with Crippen LogP contribution in [0.2, 0.25) is 16.6 Å². The predicted octanol–water partition coefficient (Wildman–Crippen LogP) is 9.22. The van der Waals surface area contributed by atoms with E-state index in [1.165, 1.54) is 0 Å². The number of nitrogens with one attached hydrogen (secondary N) is 1. The van der Waals surface area contributed by atoms with Gasteiger partial charge in [0.25, 0.3) is 0 Å². The standard InChI is InChI=1S/C38H49N3O3Si/c1-26(2)45(27(3)4,28(5)6)41-25-33(30-13-14-32-24-39-20-19-31(32)22-30)23-35(41)16-15-34(40-37(42)44-38(7,8)9)21-29-11-17-36(43-10)18-12-29/h11-14,17-20,22-28,34H,21H2,1-10H3,(H,40,42)/t34-/m1/s1. The lowest BCUT2D eigenvalue weighted by atomic mass is 10.0. The van der Waals surface area contributed by atoms with Crippen LogP contribution in [0.4, 0.5) is 4.79 Å². The summed E-state index contributed by atoms with van der Waals surface area (Å²) < 4.78 is 13.5. The second-order valence-electron chi connectivity index (χ2n) is 13.8. The van der Waals surface area contributed by atoms with Crippen LogP contribution in [0, 0.1) is 11.8 Å². The van der Waals surface area contributed by atoms with E-state index < -0.39 is 26.0 Å². The van der Waals surface area contributed by atoms with Crippen molar-refractivity contribution in [2.24, 2.45) is 0 Å². The number of nitrogens with zero attached hydrogens (tertiary/aromatic N) is 2. The topological polar surface area (TPSA) is 65.4 Å². The summed E-state index contributed by atoms with van der Waals surface area (Å²) in [6, 6.07) is 18.2. The largest absolute Gasteiger partial charge is 0.497 e. The highest BCUT2D eigenvalue weighted by atomic mass is 28.3. The summed E-state index contributed by atoms with van der Waals surface area (Å²) in [5.74, 6) is 7.80. The Morgan fingerprint density at radius 3 is 2.18 bits per heavy atom. The highest BCUT2D eigenvalue weighted by Gasteiger charge is 2.46. The van der Waals surface area contributed by atoms with Gasteiger partial charge in [-0.25, -0.2) is 4.79 Å². The molecule has 7 heteroatoms. The van der Waals surface area contributed by atoms with Crippen LogP contribution in [0.1, 0.15) is 73.6 Å². The molecule has 0 aliphatic heterocycles. The minimum Gasteiger partial charge on any atom is -0.497 e. The quantitative estimate of drug-likeness (QED) is 0.149. The van der Waals surface area contributed by atoms with Crippen molar-refractivity contribution in [2.75, 3.05) is 7.11 Å². The fourth-order valence-electron chi connectivity index (χ4n) is 6.88. The van der Waals surface area contributed by atoms with Gasteiger partial charge >= 0.3 is 6.09 Å². The minimum atomic E-state index is -2.16. The predicted molar refractivity (Wildman–Crippen MR) is 188 cm³/mol. The number of hydrogen-bond acceptors (Lipinski definition) is 4. The second-order valence-corrected chi connectivity index (χ2v) is 19.5. The van der Waals surface area contributed by atoms with Crippen molar-refractivity contribution in [1.82, 2.24) is 14.5 Å². The third-order valence-corrected chi connectivity index (χ3v) is 15.4. The number of pyridine rings is 1. The van der Waals surface area contributed by atoms with Crippen LogP contribution in [0.15, 0.2) is 73.2 Å². The van der Waals surface area contributed by atoms with E-state index in [2.05, 4.69) is 104 Å². The van der Waals surface area contributed by atoms with Gasteiger partial charge in [-0.2, -0.15) is 0 Å². The summed E-state index contributed by atoms with van der Waals surface area (Å²) in [7, 11) is -0.503. The molecule has 4 aromatic rings. The molecule has 2 heterocycles. The normalized spacial score (nSPS) is 12.7. The monoisotopic (exact) mass is 623 g/mol. The molecule has 1 amide bonds. The number of amides is 1. The molecule has 4 rings (SSSR count). The lowest BCUT2D eigenvalue weighted by Crippen LogP contribution is -2.52. The van der Waals surface area contributed by atoms with E-state index >= 15 is 0 Å². The maximum atomic E-state index is 12.9. The molecule has 0 saturated heterocycles. The van der Waals surface area contributed by atoms with Crippen LogP contribution in [0.25, 0.3) is 21.9 Å². The van der Waals surface area contributed by atoms with Crippen molar-refractivity contribution < 1.29 is 14.3 Å². The third kappa shape index (κ3) is 7.80. The molecule has 6 nitrogen and oxygen atoms in total. The zero-order valence-electron chi connectivity index (χ0n) is 28.6. The Labute approximate surface area is 270 Å². The van der Waals surface area contributed by atoms with E-state index in [0.717, 1.165) is 38.9 Å². The fourth-order valence-corrected chi connectivity index (χ4v) is 13.5. The number of carbonyl (C=O) groups is 1. The SMILES string of the molecule is COc1ccc(C[C@@H](C#Cc2cc(-c3ccc4cnccc4c3)cn2[Si](C(C)C)(C(C)C)C(C)C)NC(=O)OC(C)(C)C)cc1. The van der Waals surface area contributed by atoms with Crippen molar-refractivity contribution in [3.05, 3.63) is 84.4 Å². The van der Waals surface area contributed by atoms with Crippen molar-refractivity contribution in [3.63, 3.8) is 0 Å². The van der Waals surface area contributed by atoms with Gasteiger partial charge in [0.1, 0.15) is 11.4 Å². The van der Waals surface area contributed by atoms with Gasteiger partial charge in [-0.3, -0.25) is 4.98 Å². The number of hydrogen-bond donors (Lipinski definition) is 1. The molecule has 2 aromatic carbocycles. The Morgan fingerprint density at radius 2 is 1.58 bits per heavy atom. The van der Waals surface area contributed by atoms with Crippen LogP contribution < -0.4 is 10.1 Å². The third-order valence-electron chi connectivity index (χ3n) is 8.65. The van der Waals surface area contributed by atoms with Gasteiger partial charge in [-0.15, -0.1) is 0 Å². The number of fused-ring (bicyclic) bond motifs is 1. The van der Waals surface area contributed by atoms with Gasteiger partial charge in [0.2, 0.25) is 0 Å². The Bertz CT molecular complexity index is 1650. The number of methoxy groups -OCH3 is 1. The first-order valence-corrected chi connectivity index (χ1v) is 18.1. The van der Waals surface area contributed by atoms with Gasteiger partial charge < -0.3 is 19.0 Å². The van der Waals surface area contributed by atoms with Crippen LogP contribution >= 0.6 is 0 Å². The lowest BCUT2D eigenvalue weighted by molar-refractivity contribution is 0.0516. The van der Waals surface area contributed by atoms with Gasteiger partial charge in [0.15, 0.2) is 8.24 Å². The zero-order chi connectivity index (χ0) is 32.9. The van der Waals surface area contributed by atoms with Gasteiger partial charge in [0, 0.05) is 30.4 Å². The van der Waals surface area contributed by atoms with Crippen molar-refractivity contribution in [3.8, 4) is 28.7 Å². The molecule has 0 aliphatic rings. The Kier molecular flexibility index (Phi) is 10.5. The highest BCUT2D eigenvalue weighted by Crippen LogP contribution is 2.44. The second kappa shape index (κ2) is 14.0. The van der Waals surface area contributed by atoms with Crippen LogP contribution in [-0.4, -0.2) is 42.3 Å². The number of ether oxygens (including phenoxy) is 2. The number of rotatable bonds is 9. The Morgan fingerprint density at radius 1 is 0.911 bits per heavy atom. The van der Waals surface area contributed by atoms with Gasteiger partial charge in [0.05, 0.1) is 18.8 Å². The van der Waals surface area contributed by atoms with Crippen LogP contribution in [0.3, 0.4) is 0 Å². The van der Waals surface area contributed by atoms with E-state index in [1.807, 2.05) is 57.4 Å². The van der Waals surface area contributed by atoms with Crippen molar-refractivity contribution >= 4 is 25.1 Å². The van der Waals surface area contributed by atoms with E-state index in [4.69, 9.17) is 9.47 Å². The summed E-state index contributed by atoms with van der Waals surface area (Å²) in [5.41, 5.74) is 5.15. The van der Waals surface area contributed by atoms with E-state index in [0.29, 0.717) is 23.0 Å². The molecule has 238 valence electrons. The lowest BCUT2D eigenvalue weighted by Gasteiger charge is -2.44. The number of aromatic nitrogens is 2. The molecular weight excluding hydrogens is 575 g/mol. The molecule has 1 N–H and O–H groups in total. The summed E-state index contributed by atoms with van der Waals surface area (Å²) in [6.07, 6.45) is 6.12. The minimum absolute atomic E-state index is 0.457. The number of carbonyl (C=O) groups excluding carboxylic acids is 1. The smallest absolute Gasteiger partial charge is 0.408 e. The van der Waals surface area contributed by atoms with Gasteiger partial charge in [-0.05, 0) is 95.7 Å². The number of benzene rings is 2. The molecule has 0 saturated carbocycles. The molecule has 0 radical (unpaired) electrons. The maximum Gasteiger partial charge on any atom is 0.408 e. The summed E-state index contributed by atoms with van der Waals surface area (Å²) in [5, 5.41) is 5.31. The first kappa shape index (κ1) is 33.9. The fraction of sp³-hybridized carbons (Fsp3) is 0.421. The highest BCUT2D eigenvalue weighted by molar-refractivity contribution is 6.82. The van der Waals surface area contributed by atoms with Crippen molar-refractivity contribution in [1.29, 1.82) is 0 Å². The maximum absolute atomic E-state index is 12.9. The molecule has 0 spiro atoms. The molecule has 0 unspecified atom stereocenters. The van der Waals surface area contributed by atoms with Gasteiger partial charge in [-0.1, -0.05) is 71.7 Å². The molecule has 1 atom stereocenters. The van der Waals surface area contributed by atoms with E-state index in [-0.39, 0.29) is 0 Å². The molecular formula is C38H49N3O3Si. The average molecular weight is 624 g/mol. The molecule has 45 heavy (non-hydrogen) atoms. The molecule has 0 aliphatic carbocycles. The summed E-state index contributed by atoms with van der Waals surface area (Å²) in [6.45, 7) is 19.8. The Hall–Kier alpha value is -4.02. The molecule has 0 bridgehead atoms. The summed E-state index contributed by atoms with van der Waals surface area (Å²) >= 11 is 0. The van der Waals surface area contributed by atoms with Crippen LogP contribution in [0.5, 0.6) is 5.75 Å². The van der Waals surface area contributed by atoms with E-state index in [1.54, 1.807) is 7.11 Å². The Balaban J connectivity index is 1.85. The average Bonchev–Trinajstić information content (AvgIpc) is 3.39. The first-order valence-electron chi connectivity index (χ1n) is 16.0. The molecule has 0 fully saturated rings. The van der Waals surface area contributed by atoms with Crippen LogP contribution in [-0.2, 0) is 11.2 Å². The van der Waals surface area contributed by atoms with Crippen molar-refractivity contribution in [2.45, 2.75) is 97.0 Å². The molecule has 2 aromatic heterocycles.